The molecule has 0 atom stereocenters. The Hall–Kier alpha value is -6.52. The Labute approximate surface area is 276 Å². The fourth-order valence-electron chi connectivity index (χ4n) is 7.30. The fraction of sp³-hybridized carbons (Fsp3) is 0. The van der Waals surface area contributed by atoms with Crippen LogP contribution in [0.15, 0.2) is 170 Å². The summed E-state index contributed by atoms with van der Waals surface area (Å²) in [5.41, 5.74) is 13.2. The van der Waals surface area contributed by atoms with E-state index in [4.69, 9.17) is 4.98 Å². The SMILES string of the molecule is c1ccc(-n2c3ccccc3c3cc4c(cc32)c2ccccc2n4-c2ccc(-c3ccc(-c4cnc5ccccc5n4)cc3)cc2)cc1. The zero-order valence-corrected chi connectivity index (χ0v) is 26.0. The Balaban J connectivity index is 1.09. The molecule has 0 saturated carbocycles. The van der Waals surface area contributed by atoms with Crippen molar-refractivity contribution in [2.24, 2.45) is 0 Å². The first-order chi connectivity index (χ1) is 23.8. The molecule has 48 heavy (non-hydrogen) atoms. The summed E-state index contributed by atoms with van der Waals surface area (Å²) < 4.78 is 4.80. The van der Waals surface area contributed by atoms with Gasteiger partial charge >= 0.3 is 0 Å². The molecule has 0 spiro atoms. The topological polar surface area (TPSA) is 35.6 Å². The summed E-state index contributed by atoms with van der Waals surface area (Å²) in [7, 11) is 0. The van der Waals surface area contributed by atoms with Crippen molar-refractivity contribution in [3.8, 4) is 33.8 Å². The van der Waals surface area contributed by atoms with Crippen molar-refractivity contribution in [1.82, 2.24) is 19.1 Å². The molecule has 0 radical (unpaired) electrons. The number of rotatable bonds is 4. The van der Waals surface area contributed by atoms with Crippen LogP contribution in [0.1, 0.15) is 0 Å². The molecule has 0 amide bonds. The molecule has 0 unspecified atom stereocenters. The number of hydrogen-bond acceptors (Lipinski definition) is 2. The van der Waals surface area contributed by atoms with E-state index in [9.17, 15) is 0 Å². The number of hydrogen-bond donors (Lipinski definition) is 0. The first-order valence-corrected chi connectivity index (χ1v) is 16.2. The Bertz CT molecular complexity index is 2810. The van der Waals surface area contributed by atoms with Crippen LogP contribution in [-0.2, 0) is 0 Å². The van der Waals surface area contributed by atoms with E-state index in [1.54, 1.807) is 0 Å². The summed E-state index contributed by atoms with van der Waals surface area (Å²) >= 11 is 0. The number of fused-ring (bicyclic) bond motifs is 7. The molecule has 4 nitrogen and oxygen atoms in total. The zero-order valence-electron chi connectivity index (χ0n) is 26.0. The molecule has 0 aliphatic rings. The van der Waals surface area contributed by atoms with Gasteiger partial charge in [0.25, 0.3) is 0 Å². The summed E-state index contributed by atoms with van der Waals surface area (Å²) in [6.45, 7) is 0. The third kappa shape index (κ3) is 4.10. The van der Waals surface area contributed by atoms with E-state index in [1.807, 2.05) is 30.5 Å². The summed E-state index contributed by atoms with van der Waals surface area (Å²) in [4.78, 5) is 9.42. The van der Waals surface area contributed by atoms with Gasteiger partial charge in [-0.2, -0.15) is 0 Å². The lowest BCUT2D eigenvalue weighted by molar-refractivity contribution is 1.17. The van der Waals surface area contributed by atoms with Gasteiger partial charge in [0, 0.05) is 38.5 Å². The van der Waals surface area contributed by atoms with E-state index in [2.05, 4.69) is 154 Å². The van der Waals surface area contributed by atoms with Crippen molar-refractivity contribution in [3.05, 3.63) is 170 Å². The van der Waals surface area contributed by atoms with E-state index in [0.29, 0.717) is 0 Å². The second kappa shape index (κ2) is 10.5. The summed E-state index contributed by atoms with van der Waals surface area (Å²) in [6.07, 6.45) is 1.85. The average molecular weight is 613 g/mol. The van der Waals surface area contributed by atoms with Crippen LogP contribution < -0.4 is 0 Å². The van der Waals surface area contributed by atoms with Crippen LogP contribution in [0.3, 0.4) is 0 Å². The van der Waals surface area contributed by atoms with Crippen LogP contribution in [0.4, 0.5) is 0 Å². The molecule has 0 N–H and O–H groups in total. The maximum Gasteiger partial charge on any atom is 0.0894 e. The predicted molar refractivity (Wildman–Crippen MR) is 199 cm³/mol. The van der Waals surface area contributed by atoms with Crippen molar-refractivity contribution >= 4 is 54.6 Å². The number of nitrogens with zero attached hydrogens (tertiary/aromatic N) is 4. The number of para-hydroxylation sites is 5. The van der Waals surface area contributed by atoms with Crippen molar-refractivity contribution in [3.63, 3.8) is 0 Å². The van der Waals surface area contributed by atoms with Crippen LogP contribution in [0.2, 0.25) is 0 Å². The third-order valence-corrected chi connectivity index (χ3v) is 9.57. The molecular weight excluding hydrogens is 585 g/mol. The monoisotopic (exact) mass is 612 g/mol. The van der Waals surface area contributed by atoms with Crippen LogP contribution >= 0.6 is 0 Å². The molecule has 0 aliphatic carbocycles. The minimum absolute atomic E-state index is 0.878. The van der Waals surface area contributed by atoms with Gasteiger partial charge < -0.3 is 9.13 Å². The first-order valence-electron chi connectivity index (χ1n) is 16.2. The lowest BCUT2D eigenvalue weighted by Crippen LogP contribution is -1.94. The Morgan fingerprint density at radius 3 is 1.46 bits per heavy atom. The van der Waals surface area contributed by atoms with Gasteiger partial charge in [0.2, 0.25) is 0 Å². The second-order valence-corrected chi connectivity index (χ2v) is 12.3. The van der Waals surface area contributed by atoms with E-state index in [-0.39, 0.29) is 0 Å². The summed E-state index contributed by atoms with van der Waals surface area (Å²) in [5.74, 6) is 0. The molecule has 4 heteroatoms. The highest BCUT2D eigenvalue weighted by atomic mass is 15.0. The highest BCUT2D eigenvalue weighted by Gasteiger charge is 2.18. The van der Waals surface area contributed by atoms with Gasteiger partial charge in [-0.25, -0.2) is 4.98 Å². The highest BCUT2D eigenvalue weighted by molar-refractivity contribution is 6.19. The molecular formula is C44H28N4. The molecule has 0 saturated heterocycles. The van der Waals surface area contributed by atoms with Crippen molar-refractivity contribution < 1.29 is 0 Å². The second-order valence-electron chi connectivity index (χ2n) is 12.3. The Morgan fingerprint density at radius 1 is 0.354 bits per heavy atom. The summed E-state index contributed by atoms with van der Waals surface area (Å²) in [6, 6.07) is 58.4. The van der Waals surface area contributed by atoms with Crippen molar-refractivity contribution in [1.29, 1.82) is 0 Å². The fourth-order valence-corrected chi connectivity index (χ4v) is 7.30. The molecule has 7 aromatic carbocycles. The van der Waals surface area contributed by atoms with Gasteiger partial charge in [0.05, 0.1) is 45.0 Å². The molecule has 10 aromatic rings. The molecule has 10 rings (SSSR count). The summed E-state index contributed by atoms with van der Waals surface area (Å²) in [5, 5.41) is 4.99. The van der Waals surface area contributed by atoms with Crippen LogP contribution in [0.25, 0.3) is 88.4 Å². The van der Waals surface area contributed by atoms with Gasteiger partial charge in [0.1, 0.15) is 0 Å². The minimum atomic E-state index is 0.878. The van der Waals surface area contributed by atoms with Gasteiger partial charge in [0.15, 0.2) is 0 Å². The quantitative estimate of drug-likeness (QED) is 0.198. The predicted octanol–water partition coefficient (Wildman–Crippen LogP) is 11.2. The maximum absolute atomic E-state index is 4.82. The molecule has 0 aliphatic heterocycles. The maximum atomic E-state index is 4.82. The van der Waals surface area contributed by atoms with E-state index in [0.717, 1.165) is 33.5 Å². The zero-order chi connectivity index (χ0) is 31.6. The first kappa shape index (κ1) is 26.7. The van der Waals surface area contributed by atoms with E-state index >= 15 is 0 Å². The Kier molecular flexibility index (Phi) is 5.84. The normalized spacial score (nSPS) is 11.8. The highest BCUT2D eigenvalue weighted by Crippen LogP contribution is 2.39. The lowest BCUT2D eigenvalue weighted by atomic mass is 10.0. The van der Waals surface area contributed by atoms with Crippen molar-refractivity contribution in [2.75, 3.05) is 0 Å². The lowest BCUT2D eigenvalue weighted by Gasteiger charge is -2.10. The molecule has 3 heterocycles. The number of benzene rings is 7. The van der Waals surface area contributed by atoms with E-state index < -0.39 is 0 Å². The molecule has 0 bridgehead atoms. The van der Waals surface area contributed by atoms with Gasteiger partial charge in [-0.3, -0.25) is 4.98 Å². The average Bonchev–Trinajstić information content (AvgIpc) is 3.66. The minimum Gasteiger partial charge on any atom is -0.309 e. The molecule has 224 valence electrons. The third-order valence-electron chi connectivity index (χ3n) is 9.57. The number of aromatic nitrogens is 4. The van der Waals surface area contributed by atoms with E-state index in [1.165, 1.54) is 54.9 Å². The van der Waals surface area contributed by atoms with Crippen LogP contribution in [0, 0.1) is 0 Å². The van der Waals surface area contributed by atoms with Crippen LogP contribution in [0.5, 0.6) is 0 Å². The van der Waals surface area contributed by atoms with Crippen LogP contribution in [-0.4, -0.2) is 19.1 Å². The van der Waals surface area contributed by atoms with Crippen molar-refractivity contribution in [2.45, 2.75) is 0 Å². The standard InChI is InChI=1S/C44H28N4/c1-2-10-32(11-3-1)47-41-16-8-4-12-34(41)36-27-44-37(26-43(36)47)35-13-5-9-17-42(35)48(44)33-24-22-30(23-25-33)29-18-20-31(21-19-29)40-28-45-38-14-6-7-15-39(38)46-40/h1-28H. The van der Waals surface area contributed by atoms with Gasteiger partial charge in [-0.05, 0) is 71.8 Å². The Morgan fingerprint density at radius 2 is 0.833 bits per heavy atom. The molecule has 0 fully saturated rings. The molecule has 3 aromatic heterocycles. The smallest absolute Gasteiger partial charge is 0.0894 e. The van der Waals surface area contributed by atoms with Gasteiger partial charge in [-0.1, -0.05) is 103 Å². The largest absolute Gasteiger partial charge is 0.309 e. The van der Waals surface area contributed by atoms with Gasteiger partial charge in [-0.15, -0.1) is 0 Å².